The molecule has 2 aromatic heterocycles. The van der Waals surface area contributed by atoms with E-state index in [1.807, 2.05) is 42.6 Å². The highest BCUT2D eigenvalue weighted by Gasteiger charge is 2.23. The molecule has 6 nitrogen and oxygen atoms in total. The van der Waals surface area contributed by atoms with Crippen molar-refractivity contribution in [2.24, 2.45) is 0 Å². The van der Waals surface area contributed by atoms with Crippen molar-refractivity contribution in [3.05, 3.63) is 60.6 Å². The lowest BCUT2D eigenvalue weighted by atomic mass is 10.0. The SMILES string of the molecule is COC(=O)[C@@H](Cc1c[nH]c2ccccc12)NC(=O)CSc1ccncc1. The Morgan fingerprint density at radius 1 is 1.23 bits per heavy atom. The molecule has 0 aliphatic rings. The third-order valence-electron chi connectivity index (χ3n) is 3.94. The Kier molecular flexibility index (Phi) is 5.91. The molecule has 0 saturated carbocycles. The first-order valence-corrected chi connectivity index (χ1v) is 9.11. The predicted octanol–water partition coefficient (Wildman–Crippen LogP) is 2.56. The first-order chi connectivity index (χ1) is 12.7. The van der Waals surface area contributed by atoms with Crippen LogP contribution in [0.15, 0.2) is 59.9 Å². The van der Waals surface area contributed by atoms with Gasteiger partial charge in [-0.25, -0.2) is 4.79 Å². The van der Waals surface area contributed by atoms with Crippen LogP contribution in [0, 0.1) is 0 Å². The Morgan fingerprint density at radius 3 is 2.77 bits per heavy atom. The van der Waals surface area contributed by atoms with Crippen molar-refractivity contribution in [2.45, 2.75) is 17.4 Å². The maximum atomic E-state index is 12.3. The molecule has 0 spiro atoms. The van der Waals surface area contributed by atoms with Crippen LogP contribution in [0.5, 0.6) is 0 Å². The summed E-state index contributed by atoms with van der Waals surface area (Å²) in [6.45, 7) is 0. The first kappa shape index (κ1) is 18.0. The Balaban J connectivity index is 1.66. The third kappa shape index (κ3) is 4.43. The number of aromatic nitrogens is 2. The van der Waals surface area contributed by atoms with E-state index in [2.05, 4.69) is 15.3 Å². The number of pyridine rings is 1. The lowest BCUT2D eigenvalue weighted by Crippen LogP contribution is -2.43. The van der Waals surface area contributed by atoms with Gasteiger partial charge in [-0.2, -0.15) is 0 Å². The van der Waals surface area contributed by atoms with Crippen molar-refractivity contribution in [2.75, 3.05) is 12.9 Å². The van der Waals surface area contributed by atoms with E-state index >= 15 is 0 Å². The second-order valence-electron chi connectivity index (χ2n) is 5.68. The van der Waals surface area contributed by atoms with E-state index in [-0.39, 0.29) is 11.7 Å². The number of fused-ring (bicyclic) bond motifs is 1. The van der Waals surface area contributed by atoms with E-state index in [0.29, 0.717) is 6.42 Å². The van der Waals surface area contributed by atoms with Crippen LogP contribution in [0.3, 0.4) is 0 Å². The summed E-state index contributed by atoms with van der Waals surface area (Å²) in [5, 5.41) is 3.81. The van der Waals surface area contributed by atoms with Gasteiger partial charge in [-0.05, 0) is 23.8 Å². The molecule has 0 radical (unpaired) electrons. The number of hydrogen-bond donors (Lipinski definition) is 2. The second-order valence-corrected chi connectivity index (χ2v) is 6.73. The van der Waals surface area contributed by atoms with Crippen LogP contribution in [0.2, 0.25) is 0 Å². The molecule has 26 heavy (non-hydrogen) atoms. The monoisotopic (exact) mass is 369 g/mol. The Hall–Kier alpha value is -2.80. The van der Waals surface area contributed by atoms with Gasteiger partial charge >= 0.3 is 5.97 Å². The first-order valence-electron chi connectivity index (χ1n) is 8.12. The van der Waals surface area contributed by atoms with Crippen LogP contribution in [0.1, 0.15) is 5.56 Å². The Morgan fingerprint density at radius 2 is 2.00 bits per heavy atom. The molecule has 0 aliphatic carbocycles. The van der Waals surface area contributed by atoms with Crippen LogP contribution < -0.4 is 5.32 Å². The fraction of sp³-hybridized carbons (Fsp3) is 0.211. The number of aromatic amines is 1. The molecule has 1 atom stereocenters. The van der Waals surface area contributed by atoms with E-state index in [9.17, 15) is 9.59 Å². The molecule has 134 valence electrons. The number of amides is 1. The van der Waals surface area contributed by atoms with Crippen molar-refractivity contribution in [1.29, 1.82) is 0 Å². The number of thioether (sulfide) groups is 1. The molecule has 1 amide bonds. The normalized spacial score (nSPS) is 11.9. The number of para-hydroxylation sites is 1. The summed E-state index contributed by atoms with van der Waals surface area (Å²) in [4.78, 5) is 32.5. The number of benzene rings is 1. The van der Waals surface area contributed by atoms with Gasteiger partial charge in [0.2, 0.25) is 5.91 Å². The Bertz CT molecular complexity index is 895. The number of carbonyl (C=O) groups excluding carboxylic acids is 2. The average Bonchev–Trinajstić information content (AvgIpc) is 3.09. The molecule has 2 heterocycles. The predicted molar refractivity (Wildman–Crippen MR) is 101 cm³/mol. The van der Waals surface area contributed by atoms with E-state index in [1.165, 1.54) is 18.9 Å². The maximum Gasteiger partial charge on any atom is 0.328 e. The summed E-state index contributed by atoms with van der Waals surface area (Å²) in [7, 11) is 1.32. The minimum Gasteiger partial charge on any atom is -0.467 e. The minimum absolute atomic E-state index is 0.214. The van der Waals surface area contributed by atoms with E-state index in [0.717, 1.165) is 21.4 Å². The fourth-order valence-electron chi connectivity index (χ4n) is 2.68. The molecule has 3 aromatic rings. The molecule has 1 aromatic carbocycles. The summed E-state index contributed by atoms with van der Waals surface area (Å²) in [5.41, 5.74) is 1.95. The maximum absolute atomic E-state index is 12.3. The molecule has 0 bridgehead atoms. The highest BCUT2D eigenvalue weighted by Crippen LogP contribution is 2.20. The quantitative estimate of drug-likeness (QED) is 0.494. The van der Waals surface area contributed by atoms with Crippen molar-refractivity contribution in [3.8, 4) is 0 Å². The van der Waals surface area contributed by atoms with Gasteiger partial charge in [-0.15, -0.1) is 11.8 Å². The average molecular weight is 369 g/mol. The number of carbonyl (C=O) groups is 2. The van der Waals surface area contributed by atoms with Crippen LogP contribution in [-0.4, -0.2) is 40.7 Å². The summed E-state index contributed by atoms with van der Waals surface area (Å²) in [6, 6.07) is 10.8. The standard InChI is InChI=1S/C19H19N3O3S/c1-25-19(24)17(10-13-11-21-16-5-3-2-4-15(13)16)22-18(23)12-26-14-6-8-20-9-7-14/h2-9,11,17,21H,10,12H2,1H3,(H,22,23)/t17-/m1/s1. The van der Waals surface area contributed by atoms with Gasteiger partial charge in [0.1, 0.15) is 6.04 Å². The van der Waals surface area contributed by atoms with Gasteiger partial charge in [-0.3, -0.25) is 9.78 Å². The highest BCUT2D eigenvalue weighted by molar-refractivity contribution is 8.00. The molecule has 3 rings (SSSR count). The number of nitrogens with one attached hydrogen (secondary N) is 2. The van der Waals surface area contributed by atoms with Crippen molar-refractivity contribution in [1.82, 2.24) is 15.3 Å². The summed E-state index contributed by atoms with van der Waals surface area (Å²) in [5.74, 6) is -0.467. The molecular weight excluding hydrogens is 350 g/mol. The number of H-pyrrole nitrogens is 1. The Labute approximate surface area is 155 Å². The summed E-state index contributed by atoms with van der Waals surface area (Å²) < 4.78 is 4.86. The fourth-order valence-corrected chi connectivity index (χ4v) is 3.37. The van der Waals surface area contributed by atoms with Gasteiger partial charge in [0.25, 0.3) is 0 Å². The molecule has 0 unspecified atom stereocenters. The van der Waals surface area contributed by atoms with Gasteiger partial charge in [0, 0.05) is 40.8 Å². The lowest BCUT2D eigenvalue weighted by molar-refractivity contribution is -0.144. The van der Waals surface area contributed by atoms with Gasteiger partial charge in [-0.1, -0.05) is 18.2 Å². The zero-order valence-electron chi connectivity index (χ0n) is 14.3. The lowest BCUT2D eigenvalue weighted by Gasteiger charge is -2.16. The van der Waals surface area contributed by atoms with Crippen molar-refractivity contribution >= 4 is 34.5 Å². The number of methoxy groups -OCH3 is 1. The number of rotatable bonds is 7. The summed E-state index contributed by atoms with van der Waals surface area (Å²) >= 11 is 1.39. The van der Waals surface area contributed by atoms with Gasteiger partial charge in [0.15, 0.2) is 0 Å². The smallest absolute Gasteiger partial charge is 0.328 e. The van der Waals surface area contributed by atoms with E-state index < -0.39 is 12.0 Å². The van der Waals surface area contributed by atoms with Gasteiger partial charge < -0.3 is 15.0 Å². The molecule has 2 N–H and O–H groups in total. The van der Waals surface area contributed by atoms with Crippen LogP contribution in [0.25, 0.3) is 10.9 Å². The number of hydrogen-bond acceptors (Lipinski definition) is 5. The van der Waals surface area contributed by atoms with Crippen LogP contribution >= 0.6 is 11.8 Å². The van der Waals surface area contributed by atoms with Crippen LogP contribution in [-0.2, 0) is 20.7 Å². The molecule has 7 heteroatoms. The summed E-state index contributed by atoms with van der Waals surface area (Å²) in [6.07, 6.45) is 5.57. The van der Waals surface area contributed by atoms with E-state index in [1.54, 1.807) is 12.4 Å². The number of ether oxygens (including phenoxy) is 1. The zero-order chi connectivity index (χ0) is 18.4. The number of nitrogens with zero attached hydrogens (tertiary/aromatic N) is 1. The largest absolute Gasteiger partial charge is 0.467 e. The van der Waals surface area contributed by atoms with Crippen LogP contribution in [0.4, 0.5) is 0 Å². The topological polar surface area (TPSA) is 84.1 Å². The van der Waals surface area contributed by atoms with E-state index in [4.69, 9.17) is 4.74 Å². The molecule has 0 fully saturated rings. The third-order valence-corrected chi connectivity index (χ3v) is 4.95. The highest BCUT2D eigenvalue weighted by atomic mass is 32.2. The molecular formula is C19H19N3O3S. The number of esters is 1. The minimum atomic E-state index is -0.732. The molecule has 0 aliphatic heterocycles. The van der Waals surface area contributed by atoms with Crippen molar-refractivity contribution < 1.29 is 14.3 Å². The van der Waals surface area contributed by atoms with Gasteiger partial charge in [0.05, 0.1) is 12.9 Å². The second kappa shape index (κ2) is 8.53. The van der Waals surface area contributed by atoms with Crippen molar-refractivity contribution in [3.63, 3.8) is 0 Å². The molecule has 0 saturated heterocycles. The zero-order valence-corrected chi connectivity index (χ0v) is 15.1.